The molecule has 4 aromatic rings. The first-order chi connectivity index (χ1) is 14.6. The highest BCUT2D eigenvalue weighted by molar-refractivity contribution is 7.80. The van der Waals surface area contributed by atoms with Crippen molar-refractivity contribution in [3.8, 4) is 11.3 Å². The van der Waals surface area contributed by atoms with Crippen molar-refractivity contribution < 1.29 is 14.0 Å². The van der Waals surface area contributed by atoms with Gasteiger partial charge in [-0.1, -0.05) is 48.5 Å². The van der Waals surface area contributed by atoms with E-state index in [0.29, 0.717) is 22.2 Å². The fourth-order valence-electron chi connectivity index (χ4n) is 2.90. The lowest BCUT2D eigenvalue weighted by atomic mass is 10.0. The molecule has 7 nitrogen and oxygen atoms in total. The van der Waals surface area contributed by atoms with Crippen LogP contribution in [0.2, 0.25) is 0 Å². The number of amides is 2. The minimum absolute atomic E-state index is 0.0635. The molecule has 0 fully saturated rings. The van der Waals surface area contributed by atoms with Crippen LogP contribution in [0.3, 0.4) is 0 Å². The van der Waals surface area contributed by atoms with Crippen LogP contribution in [-0.4, -0.2) is 21.9 Å². The predicted molar refractivity (Wildman–Crippen MR) is 117 cm³/mol. The van der Waals surface area contributed by atoms with Gasteiger partial charge in [0.25, 0.3) is 11.8 Å². The van der Waals surface area contributed by atoms with Gasteiger partial charge in [-0.3, -0.25) is 25.8 Å². The van der Waals surface area contributed by atoms with Crippen LogP contribution in [0.15, 0.2) is 83.5 Å². The first kappa shape index (κ1) is 19.3. The normalized spacial score (nSPS) is 10.4. The first-order valence-corrected chi connectivity index (χ1v) is 9.43. The first-order valence-electron chi connectivity index (χ1n) is 9.02. The van der Waals surface area contributed by atoms with Crippen LogP contribution in [0.1, 0.15) is 20.9 Å². The molecule has 8 heteroatoms. The smallest absolute Gasteiger partial charge is 0.293 e. The van der Waals surface area contributed by atoms with Crippen molar-refractivity contribution in [2.24, 2.45) is 0 Å². The maximum Gasteiger partial charge on any atom is 0.293 e. The van der Waals surface area contributed by atoms with Crippen molar-refractivity contribution in [1.82, 2.24) is 21.2 Å². The zero-order valence-electron chi connectivity index (χ0n) is 15.6. The number of pyridine rings is 1. The Kier molecular flexibility index (Phi) is 5.49. The summed E-state index contributed by atoms with van der Waals surface area (Å²) in [5, 5.41) is 3.06. The number of nitrogens with one attached hydrogen (secondary N) is 3. The van der Waals surface area contributed by atoms with E-state index in [0.717, 1.165) is 5.56 Å². The van der Waals surface area contributed by atoms with Crippen LogP contribution in [0, 0.1) is 0 Å². The lowest BCUT2D eigenvalue weighted by molar-refractivity contribution is 0.0928. The zero-order chi connectivity index (χ0) is 20.9. The molecule has 4 rings (SSSR count). The third-order valence-corrected chi connectivity index (χ3v) is 4.50. The Labute approximate surface area is 177 Å². The van der Waals surface area contributed by atoms with Crippen LogP contribution in [0.4, 0.5) is 0 Å². The Morgan fingerprint density at radius 3 is 2.40 bits per heavy atom. The molecule has 2 amide bonds. The van der Waals surface area contributed by atoms with Crippen LogP contribution < -0.4 is 16.2 Å². The Hall–Kier alpha value is -4.04. The summed E-state index contributed by atoms with van der Waals surface area (Å²) in [6.45, 7) is 0. The van der Waals surface area contributed by atoms with Gasteiger partial charge < -0.3 is 4.42 Å². The number of rotatable bonds is 3. The molecule has 0 saturated carbocycles. The van der Waals surface area contributed by atoms with Gasteiger partial charge in [0.05, 0.1) is 23.0 Å². The summed E-state index contributed by atoms with van der Waals surface area (Å²) >= 11 is 5.06. The summed E-state index contributed by atoms with van der Waals surface area (Å²) in [5.74, 6) is -0.828. The molecule has 2 heterocycles. The molecule has 3 N–H and O–H groups in total. The monoisotopic (exact) mass is 416 g/mol. The van der Waals surface area contributed by atoms with E-state index in [4.69, 9.17) is 16.6 Å². The largest absolute Gasteiger partial charge is 0.459 e. The summed E-state index contributed by atoms with van der Waals surface area (Å²) in [7, 11) is 0. The molecule has 0 atom stereocenters. The topological polar surface area (TPSA) is 96.3 Å². The second-order valence-electron chi connectivity index (χ2n) is 6.28. The summed E-state index contributed by atoms with van der Waals surface area (Å²) in [6, 6.07) is 21.8. The number of thiocarbonyl (C=S) groups is 1. The second kappa shape index (κ2) is 8.54. The molecule has 0 aliphatic heterocycles. The standard InChI is InChI=1S/C22H16N4O3S/c27-20(25-26-22(30)24-21(28)19-11-6-12-29-19)16-13-18(14-7-2-1-3-8-14)23-17-10-5-4-9-15(16)17/h1-13H,(H,25,27)(H2,24,26,28,30). The van der Waals surface area contributed by atoms with E-state index >= 15 is 0 Å². The van der Waals surface area contributed by atoms with E-state index in [1.54, 1.807) is 12.1 Å². The Morgan fingerprint density at radius 2 is 1.63 bits per heavy atom. The molecule has 0 spiro atoms. The van der Waals surface area contributed by atoms with Crippen molar-refractivity contribution in [1.29, 1.82) is 0 Å². The number of benzene rings is 2. The van der Waals surface area contributed by atoms with E-state index in [2.05, 4.69) is 21.2 Å². The van der Waals surface area contributed by atoms with Gasteiger partial charge in [-0.25, -0.2) is 4.98 Å². The SMILES string of the molecule is O=C(NC(=S)NNC(=O)c1cc(-c2ccccc2)nc2ccccc12)c1ccco1. The summed E-state index contributed by atoms with van der Waals surface area (Å²) < 4.78 is 5.00. The zero-order valence-corrected chi connectivity index (χ0v) is 16.4. The molecule has 0 aliphatic rings. The Bertz CT molecular complexity index is 1220. The number of carbonyl (C=O) groups is 2. The van der Waals surface area contributed by atoms with Crippen molar-refractivity contribution in [2.75, 3.05) is 0 Å². The van der Waals surface area contributed by atoms with Gasteiger partial charge in [-0.05, 0) is 36.5 Å². The number of carbonyl (C=O) groups excluding carboxylic acids is 2. The van der Waals surface area contributed by atoms with Crippen LogP contribution in [0.25, 0.3) is 22.2 Å². The summed E-state index contributed by atoms with van der Waals surface area (Å²) in [5.41, 5.74) is 7.74. The highest BCUT2D eigenvalue weighted by Crippen LogP contribution is 2.24. The van der Waals surface area contributed by atoms with E-state index in [1.165, 1.54) is 12.3 Å². The van der Waals surface area contributed by atoms with Gasteiger partial charge in [-0.15, -0.1) is 0 Å². The molecule has 0 bridgehead atoms. The average molecular weight is 416 g/mol. The van der Waals surface area contributed by atoms with E-state index < -0.39 is 11.8 Å². The number of furan rings is 1. The van der Waals surface area contributed by atoms with Crippen molar-refractivity contribution in [3.05, 3.63) is 90.4 Å². The van der Waals surface area contributed by atoms with E-state index in [1.807, 2.05) is 54.6 Å². The number of hydrazine groups is 1. The van der Waals surface area contributed by atoms with E-state index in [-0.39, 0.29) is 10.9 Å². The Morgan fingerprint density at radius 1 is 0.867 bits per heavy atom. The van der Waals surface area contributed by atoms with Crippen LogP contribution >= 0.6 is 12.2 Å². The van der Waals surface area contributed by atoms with Gasteiger partial charge in [0, 0.05) is 10.9 Å². The highest BCUT2D eigenvalue weighted by atomic mass is 32.1. The van der Waals surface area contributed by atoms with Crippen molar-refractivity contribution >= 4 is 40.0 Å². The lowest BCUT2D eigenvalue weighted by Gasteiger charge is -2.12. The number of para-hydroxylation sites is 1. The molecule has 0 radical (unpaired) electrons. The van der Waals surface area contributed by atoms with Gasteiger partial charge in [-0.2, -0.15) is 0 Å². The number of nitrogens with zero attached hydrogens (tertiary/aromatic N) is 1. The third-order valence-electron chi connectivity index (χ3n) is 4.29. The molecule has 0 unspecified atom stereocenters. The number of hydrogen-bond acceptors (Lipinski definition) is 5. The molecular weight excluding hydrogens is 400 g/mol. The fourth-order valence-corrected chi connectivity index (χ4v) is 3.05. The molecule has 0 saturated heterocycles. The van der Waals surface area contributed by atoms with Crippen molar-refractivity contribution in [3.63, 3.8) is 0 Å². The minimum atomic E-state index is -0.521. The minimum Gasteiger partial charge on any atom is -0.459 e. The maximum atomic E-state index is 12.9. The fraction of sp³-hybridized carbons (Fsp3) is 0. The number of fused-ring (bicyclic) bond motifs is 1. The van der Waals surface area contributed by atoms with Crippen LogP contribution in [0.5, 0.6) is 0 Å². The molecule has 0 aliphatic carbocycles. The molecule has 148 valence electrons. The highest BCUT2D eigenvalue weighted by Gasteiger charge is 2.15. The maximum absolute atomic E-state index is 12.9. The average Bonchev–Trinajstić information content (AvgIpc) is 3.32. The van der Waals surface area contributed by atoms with Gasteiger partial charge in [0.2, 0.25) is 0 Å². The van der Waals surface area contributed by atoms with E-state index in [9.17, 15) is 9.59 Å². The summed E-state index contributed by atoms with van der Waals surface area (Å²) in [4.78, 5) is 29.5. The van der Waals surface area contributed by atoms with Crippen molar-refractivity contribution in [2.45, 2.75) is 0 Å². The Balaban J connectivity index is 1.54. The third kappa shape index (κ3) is 4.18. The molecule has 2 aromatic heterocycles. The second-order valence-corrected chi connectivity index (χ2v) is 6.69. The van der Waals surface area contributed by atoms with Gasteiger partial charge >= 0.3 is 0 Å². The predicted octanol–water partition coefficient (Wildman–Crippen LogP) is 3.44. The molecule has 2 aromatic carbocycles. The molecular formula is C22H16N4O3S. The van der Waals surface area contributed by atoms with Gasteiger partial charge in [0.1, 0.15) is 0 Å². The lowest BCUT2D eigenvalue weighted by Crippen LogP contribution is -2.48. The van der Waals surface area contributed by atoms with Gasteiger partial charge in [0.15, 0.2) is 10.9 Å². The molecule has 30 heavy (non-hydrogen) atoms. The quantitative estimate of drug-likeness (QED) is 0.350. The number of aromatic nitrogens is 1. The number of hydrogen-bond donors (Lipinski definition) is 3. The summed E-state index contributed by atoms with van der Waals surface area (Å²) in [6.07, 6.45) is 1.38. The van der Waals surface area contributed by atoms with Crippen LogP contribution in [-0.2, 0) is 0 Å².